The Bertz CT molecular complexity index is 610. The maximum absolute atomic E-state index is 12.5. The number of methoxy groups -OCH3 is 2. The van der Waals surface area contributed by atoms with Crippen LogP contribution in [0.3, 0.4) is 0 Å². The lowest BCUT2D eigenvalue weighted by Crippen LogP contribution is -2.37. The van der Waals surface area contributed by atoms with Crippen LogP contribution in [0.1, 0.15) is 40.6 Å². The summed E-state index contributed by atoms with van der Waals surface area (Å²) in [5.41, 5.74) is 2.44. The molecule has 7 heteroatoms. The predicted molar refractivity (Wildman–Crippen MR) is 99.1 cm³/mol. The van der Waals surface area contributed by atoms with Crippen LogP contribution in [0.2, 0.25) is 0 Å². The number of nitrogens with zero attached hydrogens (tertiary/aromatic N) is 1. The number of hydrogen-bond acceptors (Lipinski definition) is 7. The lowest BCUT2D eigenvalue weighted by Gasteiger charge is -2.31. The first kappa shape index (κ1) is 21.9. The van der Waals surface area contributed by atoms with E-state index in [0.29, 0.717) is 50.5 Å². The number of anilines is 1. The maximum Gasteiger partial charge on any atom is 0.338 e. The van der Waals surface area contributed by atoms with Gasteiger partial charge in [-0.25, -0.2) is 9.59 Å². The molecule has 0 bridgehead atoms. The Morgan fingerprint density at radius 2 is 1.81 bits per heavy atom. The van der Waals surface area contributed by atoms with Crippen molar-refractivity contribution in [3.8, 4) is 0 Å². The Morgan fingerprint density at radius 1 is 1.12 bits per heavy atom. The molecule has 0 atom stereocenters. The minimum Gasteiger partial charge on any atom is -0.465 e. The van der Waals surface area contributed by atoms with E-state index < -0.39 is 11.9 Å². The van der Waals surface area contributed by atoms with Crippen molar-refractivity contribution in [2.45, 2.75) is 20.8 Å². The standard InChI is InChI=1S/C18H25NO6.CH4/c1-4-14-15(18(21)25-10-9-22-2)11-13(17(20)23-3)12-16(14)19-5-7-24-8-6-19;/h11-12H,4-10H2,1-3H3;1H4. The van der Waals surface area contributed by atoms with Gasteiger partial charge in [0, 0.05) is 25.9 Å². The summed E-state index contributed by atoms with van der Waals surface area (Å²) in [6.45, 7) is 5.08. The highest BCUT2D eigenvalue weighted by Crippen LogP contribution is 2.29. The van der Waals surface area contributed by atoms with Crippen LogP contribution in [0.25, 0.3) is 0 Å². The number of rotatable bonds is 7. The molecule has 1 heterocycles. The Labute approximate surface area is 155 Å². The Balaban J connectivity index is 0.00000338. The fourth-order valence-corrected chi connectivity index (χ4v) is 2.83. The first-order valence-electron chi connectivity index (χ1n) is 8.36. The molecule has 0 aromatic heterocycles. The van der Waals surface area contributed by atoms with Gasteiger partial charge in [0.2, 0.25) is 0 Å². The zero-order chi connectivity index (χ0) is 18.2. The minimum absolute atomic E-state index is 0. The Morgan fingerprint density at radius 3 is 2.38 bits per heavy atom. The van der Waals surface area contributed by atoms with Crippen LogP contribution >= 0.6 is 0 Å². The van der Waals surface area contributed by atoms with Crippen LogP contribution in [-0.4, -0.2) is 65.7 Å². The van der Waals surface area contributed by atoms with E-state index in [1.54, 1.807) is 19.2 Å². The van der Waals surface area contributed by atoms with Gasteiger partial charge < -0.3 is 23.8 Å². The van der Waals surface area contributed by atoms with E-state index in [9.17, 15) is 9.59 Å². The molecule has 0 amide bonds. The van der Waals surface area contributed by atoms with Gasteiger partial charge in [-0.2, -0.15) is 0 Å². The predicted octanol–water partition coefficient (Wildman–Crippen LogP) is 2.31. The SMILES string of the molecule is C.CCc1c(C(=O)OCCOC)cc(C(=O)OC)cc1N1CCOCC1. The van der Waals surface area contributed by atoms with Gasteiger partial charge in [0.15, 0.2) is 0 Å². The van der Waals surface area contributed by atoms with Crippen LogP contribution in [0.15, 0.2) is 12.1 Å². The second kappa shape index (κ2) is 10.8. The third kappa shape index (κ3) is 5.19. The van der Waals surface area contributed by atoms with Gasteiger partial charge in [-0.05, 0) is 24.1 Å². The molecule has 26 heavy (non-hydrogen) atoms. The second-order valence-electron chi connectivity index (χ2n) is 5.59. The minimum atomic E-state index is -0.483. The van der Waals surface area contributed by atoms with Crippen LogP contribution in [0, 0.1) is 0 Å². The number of benzene rings is 1. The molecule has 1 aromatic carbocycles. The lowest BCUT2D eigenvalue weighted by molar-refractivity contribution is 0.0387. The summed E-state index contributed by atoms with van der Waals surface area (Å²) >= 11 is 0. The van der Waals surface area contributed by atoms with Gasteiger partial charge in [0.25, 0.3) is 0 Å². The highest BCUT2D eigenvalue weighted by atomic mass is 16.6. The third-order valence-electron chi connectivity index (χ3n) is 4.09. The summed E-state index contributed by atoms with van der Waals surface area (Å²) in [5.74, 6) is -0.947. The van der Waals surface area contributed by atoms with Crippen LogP contribution in [0.4, 0.5) is 5.69 Å². The molecule has 0 spiro atoms. The highest BCUT2D eigenvalue weighted by Gasteiger charge is 2.23. The molecule has 1 fully saturated rings. The monoisotopic (exact) mass is 367 g/mol. The first-order chi connectivity index (χ1) is 12.1. The molecule has 0 N–H and O–H groups in total. The van der Waals surface area contributed by atoms with E-state index in [4.69, 9.17) is 18.9 Å². The van der Waals surface area contributed by atoms with Crippen LogP contribution < -0.4 is 4.90 Å². The van der Waals surface area contributed by atoms with E-state index >= 15 is 0 Å². The van der Waals surface area contributed by atoms with E-state index in [1.165, 1.54) is 7.11 Å². The Hall–Kier alpha value is -2.12. The fourth-order valence-electron chi connectivity index (χ4n) is 2.83. The average molecular weight is 367 g/mol. The first-order valence-corrected chi connectivity index (χ1v) is 8.36. The molecule has 7 nitrogen and oxygen atoms in total. The molecule has 1 saturated heterocycles. The van der Waals surface area contributed by atoms with E-state index in [0.717, 1.165) is 11.3 Å². The lowest BCUT2D eigenvalue weighted by atomic mass is 9.98. The van der Waals surface area contributed by atoms with Crippen molar-refractivity contribution in [2.24, 2.45) is 0 Å². The van der Waals surface area contributed by atoms with Gasteiger partial charge >= 0.3 is 11.9 Å². The molecule has 146 valence electrons. The molecule has 0 saturated carbocycles. The molecule has 0 aliphatic carbocycles. The van der Waals surface area contributed by atoms with Gasteiger partial charge in [-0.15, -0.1) is 0 Å². The van der Waals surface area contributed by atoms with Gasteiger partial charge in [-0.1, -0.05) is 14.4 Å². The largest absolute Gasteiger partial charge is 0.465 e. The third-order valence-corrected chi connectivity index (χ3v) is 4.09. The molecular formula is C19H29NO6. The van der Waals surface area contributed by atoms with Crippen molar-refractivity contribution in [3.05, 3.63) is 28.8 Å². The number of carbonyl (C=O) groups excluding carboxylic acids is 2. The second-order valence-corrected chi connectivity index (χ2v) is 5.59. The van der Waals surface area contributed by atoms with Gasteiger partial charge in [0.05, 0.1) is 38.1 Å². The summed E-state index contributed by atoms with van der Waals surface area (Å²) in [4.78, 5) is 26.7. The summed E-state index contributed by atoms with van der Waals surface area (Å²) < 4.78 is 20.4. The average Bonchev–Trinajstić information content (AvgIpc) is 2.67. The number of hydrogen-bond donors (Lipinski definition) is 0. The molecule has 1 aromatic rings. The fraction of sp³-hybridized carbons (Fsp3) is 0.579. The van der Waals surface area contributed by atoms with E-state index in [1.807, 2.05) is 6.92 Å². The molecule has 1 aliphatic rings. The quantitative estimate of drug-likeness (QED) is 0.541. The van der Waals surface area contributed by atoms with Crippen molar-refractivity contribution in [1.29, 1.82) is 0 Å². The summed E-state index contributed by atoms with van der Waals surface area (Å²) in [6, 6.07) is 3.33. The van der Waals surface area contributed by atoms with Crippen LogP contribution in [0.5, 0.6) is 0 Å². The normalized spacial score (nSPS) is 13.7. The van der Waals surface area contributed by atoms with Crippen molar-refractivity contribution in [3.63, 3.8) is 0 Å². The molecule has 2 rings (SSSR count). The van der Waals surface area contributed by atoms with Crippen molar-refractivity contribution < 1.29 is 28.5 Å². The summed E-state index contributed by atoms with van der Waals surface area (Å²) in [7, 11) is 2.86. The van der Waals surface area contributed by atoms with Crippen molar-refractivity contribution in [1.82, 2.24) is 0 Å². The number of esters is 2. The summed E-state index contributed by atoms with van der Waals surface area (Å²) in [6.07, 6.45) is 0.642. The maximum atomic E-state index is 12.5. The zero-order valence-electron chi connectivity index (χ0n) is 15.0. The smallest absolute Gasteiger partial charge is 0.338 e. The Kier molecular flexibility index (Phi) is 9.09. The van der Waals surface area contributed by atoms with E-state index in [-0.39, 0.29) is 14.0 Å². The van der Waals surface area contributed by atoms with Crippen molar-refractivity contribution >= 4 is 17.6 Å². The molecule has 0 radical (unpaired) electrons. The number of carbonyl (C=O) groups is 2. The molecule has 1 aliphatic heterocycles. The number of ether oxygens (including phenoxy) is 4. The number of morpholine rings is 1. The topological polar surface area (TPSA) is 74.3 Å². The van der Waals surface area contributed by atoms with Gasteiger partial charge in [-0.3, -0.25) is 0 Å². The summed E-state index contributed by atoms with van der Waals surface area (Å²) in [5, 5.41) is 0. The van der Waals surface area contributed by atoms with E-state index in [2.05, 4.69) is 4.90 Å². The van der Waals surface area contributed by atoms with Gasteiger partial charge in [0.1, 0.15) is 6.61 Å². The zero-order valence-corrected chi connectivity index (χ0v) is 15.0. The highest BCUT2D eigenvalue weighted by molar-refractivity contribution is 5.98. The van der Waals surface area contributed by atoms with Crippen molar-refractivity contribution in [2.75, 3.05) is 58.6 Å². The molecular weight excluding hydrogens is 338 g/mol. The molecule has 0 unspecified atom stereocenters. The van der Waals surface area contributed by atoms with Crippen LogP contribution in [-0.2, 0) is 25.4 Å².